The zero-order valence-corrected chi connectivity index (χ0v) is 22.7. The summed E-state index contributed by atoms with van der Waals surface area (Å²) in [5, 5.41) is 12.1. The molecule has 1 fully saturated rings. The van der Waals surface area contributed by atoms with E-state index in [-0.39, 0.29) is 36.5 Å². The number of carbonyl (C=O) groups is 2. The second-order valence-electron chi connectivity index (χ2n) is 10.9. The van der Waals surface area contributed by atoms with Gasteiger partial charge in [0.1, 0.15) is 17.6 Å². The first kappa shape index (κ1) is 28.1. The van der Waals surface area contributed by atoms with Crippen LogP contribution in [0.15, 0.2) is 54.6 Å². The topological polar surface area (TPSA) is 94.1 Å². The number of aliphatic carboxylic acids is 1. The van der Waals surface area contributed by atoms with Crippen LogP contribution < -0.4 is 14.8 Å². The fraction of sp³-hybridized carbons (Fsp3) is 0.375. The Balaban J connectivity index is 1.25. The molecule has 2 atom stereocenters. The van der Waals surface area contributed by atoms with E-state index in [9.17, 15) is 22.8 Å². The predicted molar refractivity (Wildman–Crippen MR) is 147 cm³/mol. The lowest BCUT2D eigenvalue weighted by Crippen LogP contribution is -2.38. The molecule has 1 amide bonds. The number of benzene rings is 3. The van der Waals surface area contributed by atoms with Crippen molar-refractivity contribution in [1.29, 1.82) is 0 Å². The van der Waals surface area contributed by atoms with Gasteiger partial charge in [-0.15, -0.1) is 0 Å². The van der Waals surface area contributed by atoms with Crippen molar-refractivity contribution in [2.75, 3.05) is 19.8 Å². The van der Waals surface area contributed by atoms with Gasteiger partial charge in [0.2, 0.25) is 0 Å². The molecule has 0 bridgehead atoms. The number of carboxylic acid groups (broad SMARTS) is 1. The molecule has 1 saturated heterocycles. The van der Waals surface area contributed by atoms with Gasteiger partial charge in [0, 0.05) is 42.4 Å². The lowest BCUT2D eigenvalue weighted by Gasteiger charge is -2.23. The molecule has 220 valence electrons. The van der Waals surface area contributed by atoms with Crippen molar-refractivity contribution >= 4 is 11.9 Å². The third-order valence-electron chi connectivity index (χ3n) is 8.21. The van der Waals surface area contributed by atoms with Gasteiger partial charge in [0.05, 0.1) is 18.6 Å². The Labute approximate surface area is 240 Å². The maximum absolute atomic E-state index is 14.2. The van der Waals surface area contributed by atoms with Crippen molar-refractivity contribution in [2.24, 2.45) is 0 Å². The number of hydrogen-bond acceptors (Lipinski definition) is 5. The van der Waals surface area contributed by atoms with Gasteiger partial charge < -0.3 is 24.6 Å². The fourth-order valence-electron chi connectivity index (χ4n) is 6.13. The SMILES string of the molecule is O=C(O)C[C@@H]1COc2cc(O[C@@H]3CCc4c3ccc(C(F)(F)F)c4-c3ccc(C(=O)NC4CCOCC4)cc3)ccc21. The predicted octanol–water partition coefficient (Wildman–Crippen LogP) is 6.30. The van der Waals surface area contributed by atoms with Gasteiger partial charge in [-0.25, -0.2) is 0 Å². The molecule has 10 heteroatoms. The van der Waals surface area contributed by atoms with E-state index in [0.717, 1.165) is 24.5 Å². The van der Waals surface area contributed by atoms with Crippen LogP contribution in [-0.2, 0) is 22.1 Å². The summed E-state index contributed by atoms with van der Waals surface area (Å²) in [6, 6.07) is 14.1. The molecular formula is C32H30F3NO6. The van der Waals surface area contributed by atoms with Crippen LogP contribution in [0.1, 0.15) is 70.3 Å². The van der Waals surface area contributed by atoms with Gasteiger partial charge in [-0.3, -0.25) is 9.59 Å². The van der Waals surface area contributed by atoms with Gasteiger partial charge in [0.25, 0.3) is 5.91 Å². The van der Waals surface area contributed by atoms with E-state index in [2.05, 4.69) is 5.32 Å². The fourth-order valence-corrected chi connectivity index (χ4v) is 6.13. The van der Waals surface area contributed by atoms with E-state index in [4.69, 9.17) is 19.3 Å². The molecule has 2 aliphatic heterocycles. The number of rotatable bonds is 7. The van der Waals surface area contributed by atoms with Crippen molar-refractivity contribution < 1.29 is 42.1 Å². The van der Waals surface area contributed by atoms with Crippen LogP contribution >= 0.6 is 0 Å². The molecule has 42 heavy (non-hydrogen) atoms. The largest absolute Gasteiger partial charge is 0.492 e. The maximum Gasteiger partial charge on any atom is 0.417 e. The summed E-state index contributed by atoms with van der Waals surface area (Å²) in [6.07, 6.45) is -2.72. The van der Waals surface area contributed by atoms with E-state index in [1.165, 1.54) is 6.07 Å². The van der Waals surface area contributed by atoms with Crippen molar-refractivity contribution in [3.05, 3.63) is 82.4 Å². The minimum atomic E-state index is -4.56. The minimum Gasteiger partial charge on any atom is -0.492 e. The van der Waals surface area contributed by atoms with Crippen molar-refractivity contribution in [3.8, 4) is 22.6 Å². The summed E-state index contributed by atoms with van der Waals surface area (Å²) in [7, 11) is 0. The van der Waals surface area contributed by atoms with E-state index >= 15 is 0 Å². The van der Waals surface area contributed by atoms with Gasteiger partial charge in [-0.2, -0.15) is 13.2 Å². The normalized spacial score (nSPS) is 20.0. The summed E-state index contributed by atoms with van der Waals surface area (Å²) in [4.78, 5) is 23.9. The number of halogens is 3. The molecule has 0 spiro atoms. The first-order valence-corrected chi connectivity index (χ1v) is 14.0. The molecule has 2 N–H and O–H groups in total. The lowest BCUT2D eigenvalue weighted by atomic mass is 9.91. The summed E-state index contributed by atoms with van der Waals surface area (Å²) >= 11 is 0. The molecule has 0 unspecified atom stereocenters. The van der Waals surface area contributed by atoms with Crippen LogP contribution in [0.2, 0.25) is 0 Å². The average Bonchev–Trinajstić information content (AvgIpc) is 3.56. The van der Waals surface area contributed by atoms with E-state index < -0.39 is 23.8 Å². The zero-order valence-electron chi connectivity index (χ0n) is 22.7. The highest BCUT2D eigenvalue weighted by Crippen LogP contribution is 2.47. The molecule has 7 nitrogen and oxygen atoms in total. The molecule has 3 aromatic rings. The Morgan fingerprint density at radius 3 is 2.43 bits per heavy atom. The van der Waals surface area contributed by atoms with Crippen LogP contribution in [0.25, 0.3) is 11.1 Å². The molecular weight excluding hydrogens is 551 g/mol. The lowest BCUT2D eigenvalue weighted by molar-refractivity contribution is -0.138. The molecule has 6 rings (SSSR count). The zero-order chi connectivity index (χ0) is 29.4. The number of ether oxygens (including phenoxy) is 3. The number of fused-ring (bicyclic) bond motifs is 2. The quantitative estimate of drug-likeness (QED) is 0.340. The highest BCUT2D eigenvalue weighted by molar-refractivity contribution is 5.95. The van der Waals surface area contributed by atoms with Gasteiger partial charge >= 0.3 is 12.1 Å². The van der Waals surface area contributed by atoms with Crippen LogP contribution in [0.5, 0.6) is 11.5 Å². The Kier molecular flexibility index (Phi) is 7.57. The van der Waals surface area contributed by atoms with Crippen molar-refractivity contribution in [3.63, 3.8) is 0 Å². The molecule has 0 radical (unpaired) electrons. The second kappa shape index (κ2) is 11.3. The molecule has 1 aliphatic carbocycles. The first-order chi connectivity index (χ1) is 20.2. The van der Waals surface area contributed by atoms with Gasteiger partial charge in [-0.1, -0.05) is 24.3 Å². The van der Waals surface area contributed by atoms with Gasteiger partial charge in [-0.05, 0) is 72.2 Å². The Morgan fingerprint density at radius 1 is 0.976 bits per heavy atom. The summed E-state index contributed by atoms with van der Waals surface area (Å²) in [5.74, 6) is -0.332. The van der Waals surface area contributed by atoms with Crippen LogP contribution in [0.3, 0.4) is 0 Å². The number of carboxylic acids is 1. The minimum absolute atomic E-state index is 0.0143. The number of carbonyl (C=O) groups excluding carboxylic acids is 1. The Hall–Kier alpha value is -4.05. The van der Waals surface area contributed by atoms with Crippen molar-refractivity contribution in [2.45, 2.75) is 56.3 Å². The number of alkyl halides is 3. The Morgan fingerprint density at radius 2 is 1.71 bits per heavy atom. The molecule has 3 aromatic carbocycles. The van der Waals surface area contributed by atoms with Crippen molar-refractivity contribution in [1.82, 2.24) is 5.32 Å². The first-order valence-electron chi connectivity index (χ1n) is 14.0. The third kappa shape index (κ3) is 5.68. The molecule has 0 saturated carbocycles. The van der Waals surface area contributed by atoms with Gasteiger partial charge in [0.15, 0.2) is 0 Å². The monoisotopic (exact) mass is 581 g/mol. The van der Waals surface area contributed by atoms with E-state index in [0.29, 0.717) is 59.8 Å². The standard InChI is InChI=1S/C32H30F3NO6/c33-32(34,35)26-9-7-24-25(30(26)18-1-3-19(4-2-18)31(39)36-21-11-13-40-14-12-21)8-10-27(24)42-22-5-6-23-20(15-29(37)38)17-41-28(23)16-22/h1-7,9,16,20-21,27H,8,10-15,17H2,(H,36,39)(H,37,38)/t20-,27-/m1/s1. The molecule has 0 aromatic heterocycles. The van der Waals surface area contributed by atoms with E-state index in [1.807, 2.05) is 0 Å². The highest BCUT2D eigenvalue weighted by Gasteiger charge is 2.38. The molecule has 2 heterocycles. The number of hydrogen-bond donors (Lipinski definition) is 2. The van der Waals surface area contributed by atoms with E-state index in [1.54, 1.807) is 42.5 Å². The van der Waals surface area contributed by atoms with Crippen LogP contribution in [-0.4, -0.2) is 42.8 Å². The average molecular weight is 582 g/mol. The molecule has 3 aliphatic rings. The summed E-state index contributed by atoms with van der Waals surface area (Å²) in [6.45, 7) is 1.44. The smallest absolute Gasteiger partial charge is 0.417 e. The maximum atomic E-state index is 14.2. The van der Waals surface area contributed by atoms with Crippen LogP contribution in [0, 0.1) is 0 Å². The summed E-state index contributed by atoms with van der Waals surface area (Å²) in [5.41, 5.74) is 2.22. The third-order valence-corrected chi connectivity index (χ3v) is 8.21. The second-order valence-corrected chi connectivity index (χ2v) is 10.9. The Bertz CT molecular complexity index is 1500. The number of amides is 1. The summed E-state index contributed by atoms with van der Waals surface area (Å²) < 4.78 is 59.8. The van der Waals surface area contributed by atoms with Crippen LogP contribution in [0.4, 0.5) is 13.2 Å². The number of nitrogens with one attached hydrogen (secondary N) is 1. The highest BCUT2D eigenvalue weighted by atomic mass is 19.4.